The fraction of sp³-hybridized carbons (Fsp3) is 0.429. The number of rotatable bonds is 4. The van der Waals surface area contributed by atoms with Crippen LogP contribution in [0.25, 0.3) is 0 Å². The summed E-state index contributed by atoms with van der Waals surface area (Å²) in [6, 6.07) is 0. The van der Waals surface area contributed by atoms with E-state index in [4.69, 9.17) is 4.42 Å². The molecule has 0 aliphatic heterocycles. The van der Waals surface area contributed by atoms with Gasteiger partial charge in [0.15, 0.2) is 5.69 Å². The molecule has 0 saturated carbocycles. The number of nitrogens with zero attached hydrogens (tertiary/aromatic N) is 1. The molecule has 0 spiro atoms. The third-order valence-electron chi connectivity index (χ3n) is 1.31. The summed E-state index contributed by atoms with van der Waals surface area (Å²) >= 11 is 0. The Morgan fingerprint density at radius 3 is 3.08 bits per heavy atom. The molecule has 0 unspecified atom stereocenters. The van der Waals surface area contributed by atoms with Gasteiger partial charge in [-0.2, -0.15) is 5.48 Å². The fourth-order valence-electron chi connectivity index (χ4n) is 0.724. The molecular weight excluding hydrogens is 176 g/mol. The van der Waals surface area contributed by atoms with Crippen LogP contribution in [0.1, 0.15) is 16.4 Å². The summed E-state index contributed by atoms with van der Waals surface area (Å²) in [6.07, 6.45) is 1.23. The lowest BCUT2D eigenvalue weighted by molar-refractivity contribution is 0.0593. The zero-order valence-electron chi connectivity index (χ0n) is 7.36. The van der Waals surface area contributed by atoms with Crippen LogP contribution in [-0.4, -0.2) is 25.2 Å². The maximum absolute atomic E-state index is 10.9. The predicted octanol–water partition coefficient (Wildman–Crippen LogP) is 0.112. The summed E-state index contributed by atoms with van der Waals surface area (Å²) in [5.41, 5.74) is 2.67. The highest BCUT2D eigenvalue weighted by Gasteiger charge is 2.11. The molecule has 1 rings (SSSR count). The van der Waals surface area contributed by atoms with Gasteiger partial charge in [-0.25, -0.2) is 9.78 Å². The maximum Gasteiger partial charge on any atom is 0.360 e. The van der Waals surface area contributed by atoms with Crippen molar-refractivity contribution in [3.8, 4) is 0 Å². The number of hydroxylamine groups is 1. The van der Waals surface area contributed by atoms with Crippen LogP contribution in [-0.2, 0) is 16.1 Å². The van der Waals surface area contributed by atoms with Crippen LogP contribution < -0.4 is 5.48 Å². The first kappa shape index (κ1) is 9.69. The molecule has 0 aliphatic rings. The van der Waals surface area contributed by atoms with E-state index in [0.717, 1.165) is 0 Å². The molecule has 0 saturated heterocycles. The number of carbonyl (C=O) groups excluding carboxylic acids is 1. The van der Waals surface area contributed by atoms with Gasteiger partial charge in [-0.3, -0.25) is 0 Å². The third-order valence-corrected chi connectivity index (χ3v) is 1.31. The predicted molar refractivity (Wildman–Crippen MR) is 41.7 cm³/mol. The summed E-state index contributed by atoms with van der Waals surface area (Å²) in [5, 5.41) is 0. The van der Waals surface area contributed by atoms with Gasteiger partial charge in [-0.15, -0.1) is 0 Å². The SMILES string of the molecule is CONCc1nc(C(=O)OC)co1. The van der Waals surface area contributed by atoms with Crippen LogP contribution in [0.3, 0.4) is 0 Å². The molecule has 1 aromatic rings. The van der Waals surface area contributed by atoms with Gasteiger partial charge >= 0.3 is 5.97 Å². The van der Waals surface area contributed by atoms with Crippen LogP contribution in [0.5, 0.6) is 0 Å². The topological polar surface area (TPSA) is 73.6 Å². The number of ether oxygens (including phenoxy) is 1. The molecule has 0 aromatic carbocycles. The molecule has 6 nitrogen and oxygen atoms in total. The lowest BCUT2D eigenvalue weighted by atomic mass is 10.5. The van der Waals surface area contributed by atoms with E-state index in [9.17, 15) is 4.79 Å². The molecular formula is C7H10N2O4. The standard InChI is InChI=1S/C7H10N2O4/c1-11-7(10)5-4-13-6(9-5)3-8-12-2/h4,8H,3H2,1-2H3. The first-order chi connectivity index (χ1) is 6.27. The lowest BCUT2D eigenvalue weighted by Crippen LogP contribution is -2.11. The summed E-state index contributed by atoms with van der Waals surface area (Å²) in [5.74, 6) is -0.158. The summed E-state index contributed by atoms with van der Waals surface area (Å²) in [4.78, 5) is 19.3. The molecule has 0 aliphatic carbocycles. The van der Waals surface area contributed by atoms with E-state index >= 15 is 0 Å². The minimum atomic E-state index is -0.521. The second kappa shape index (κ2) is 4.58. The van der Waals surface area contributed by atoms with Crippen LogP contribution in [0.2, 0.25) is 0 Å². The summed E-state index contributed by atoms with van der Waals surface area (Å²) in [6.45, 7) is 0.299. The van der Waals surface area contributed by atoms with E-state index in [-0.39, 0.29) is 5.69 Å². The largest absolute Gasteiger partial charge is 0.464 e. The van der Waals surface area contributed by atoms with E-state index in [1.165, 1.54) is 20.5 Å². The van der Waals surface area contributed by atoms with Gasteiger partial charge in [-0.1, -0.05) is 0 Å². The van der Waals surface area contributed by atoms with Crippen molar-refractivity contribution in [2.75, 3.05) is 14.2 Å². The highest BCUT2D eigenvalue weighted by molar-refractivity contribution is 5.86. The zero-order chi connectivity index (χ0) is 9.68. The number of oxazole rings is 1. The van der Waals surface area contributed by atoms with Gasteiger partial charge in [0.2, 0.25) is 5.89 Å². The number of carbonyl (C=O) groups is 1. The lowest BCUT2D eigenvalue weighted by Gasteiger charge is -1.94. The Kier molecular flexibility index (Phi) is 3.41. The van der Waals surface area contributed by atoms with Crippen molar-refractivity contribution in [1.82, 2.24) is 10.5 Å². The van der Waals surface area contributed by atoms with Crippen LogP contribution in [0.15, 0.2) is 10.7 Å². The molecule has 0 bridgehead atoms. The number of methoxy groups -OCH3 is 1. The van der Waals surface area contributed by atoms with Crippen LogP contribution in [0.4, 0.5) is 0 Å². The number of aromatic nitrogens is 1. The molecule has 1 N–H and O–H groups in total. The van der Waals surface area contributed by atoms with Gasteiger partial charge in [0.05, 0.1) is 20.8 Å². The van der Waals surface area contributed by atoms with Crippen molar-refractivity contribution in [1.29, 1.82) is 0 Å². The van der Waals surface area contributed by atoms with Gasteiger partial charge < -0.3 is 14.0 Å². The first-order valence-electron chi connectivity index (χ1n) is 3.56. The molecule has 0 radical (unpaired) electrons. The first-order valence-corrected chi connectivity index (χ1v) is 3.56. The average molecular weight is 186 g/mol. The van der Waals surface area contributed by atoms with Gasteiger partial charge in [0, 0.05) is 0 Å². The number of esters is 1. The quantitative estimate of drug-likeness (QED) is 0.531. The van der Waals surface area contributed by atoms with Crippen molar-refractivity contribution in [2.24, 2.45) is 0 Å². The number of nitrogens with one attached hydrogen (secondary N) is 1. The fourth-order valence-corrected chi connectivity index (χ4v) is 0.724. The van der Waals surface area contributed by atoms with Gasteiger partial charge in [-0.05, 0) is 0 Å². The Bertz CT molecular complexity index is 284. The Morgan fingerprint density at radius 1 is 1.69 bits per heavy atom. The molecule has 1 aromatic heterocycles. The van der Waals surface area contributed by atoms with Gasteiger partial charge in [0.25, 0.3) is 0 Å². The minimum Gasteiger partial charge on any atom is -0.464 e. The Labute approximate surface area is 74.8 Å². The molecule has 13 heavy (non-hydrogen) atoms. The second-order valence-corrected chi connectivity index (χ2v) is 2.14. The molecule has 72 valence electrons. The van der Waals surface area contributed by atoms with E-state index in [0.29, 0.717) is 12.4 Å². The van der Waals surface area contributed by atoms with Crippen molar-refractivity contribution in [3.05, 3.63) is 17.8 Å². The molecule has 1 heterocycles. The second-order valence-electron chi connectivity index (χ2n) is 2.14. The molecule has 6 heteroatoms. The maximum atomic E-state index is 10.9. The van der Waals surface area contributed by atoms with Crippen LogP contribution >= 0.6 is 0 Å². The Balaban J connectivity index is 2.58. The smallest absolute Gasteiger partial charge is 0.360 e. The highest BCUT2D eigenvalue weighted by atomic mass is 16.6. The van der Waals surface area contributed by atoms with E-state index in [2.05, 4.69) is 20.0 Å². The molecule has 0 amide bonds. The Morgan fingerprint density at radius 2 is 2.46 bits per heavy atom. The van der Waals surface area contributed by atoms with Crippen molar-refractivity contribution in [2.45, 2.75) is 6.54 Å². The summed E-state index contributed by atoms with van der Waals surface area (Å²) in [7, 11) is 2.76. The highest BCUT2D eigenvalue weighted by Crippen LogP contribution is 2.02. The zero-order valence-corrected chi connectivity index (χ0v) is 7.36. The van der Waals surface area contributed by atoms with Crippen LogP contribution in [0, 0.1) is 0 Å². The molecule has 0 fully saturated rings. The van der Waals surface area contributed by atoms with E-state index in [1.54, 1.807) is 0 Å². The molecule has 0 atom stereocenters. The third kappa shape index (κ3) is 2.53. The monoisotopic (exact) mass is 186 g/mol. The van der Waals surface area contributed by atoms with Gasteiger partial charge in [0.1, 0.15) is 6.26 Å². The van der Waals surface area contributed by atoms with Crippen molar-refractivity contribution < 1.29 is 18.8 Å². The van der Waals surface area contributed by atoms with E-state index in [1.807, 2.05) is 0 Å². The average Bonchev–Trinajstić information content (AvgIpc) is 2.62. The Hall–Kier alpha value is -1.40. The van der Waals surface area contributed by atoms with Crippen molar-refractivity contribution >= 4 is 5.97 Å². The summed E-state index contributed by atoms with van der Waals surface area (Å²) < 4.78 is 9.38. The number of hydrogen-bond donors (Lipinski definition) is 1. The van der Waals surface area contributed by atoms with Crippen molar-refractivity contribution in [3.63, 3.8) is 0 Å². The minimum absolute atomic E-state index is 0.149. The number of hydrogen-bond acceptors (Lipinski definition) is 6. The normalized spacial score (nSPS) is 10.0. The van der Waals surface area contributed by atoms with E-state index < -0.39 is 5.97 Å².